The Hall–Kier alpha value is -2.74. The zero-order valence-electron chi connectivity index (χ0n) is 14.6. The lowest BCUT2D eigenvalue weighted by molar-refractivity contribution is 0.0989. The summed E-state index contributed by atoms with van der Waals surface area (Å²) in [5.74, 6) is -0.995. The zero-order chi connectivity index (χ0) is 19.4. The largest absolute Gasteiger partial charge is 0.497 e. The molecule has 1 heterocycles. The number of methoxy groups -OCH3 is 1. The summed E-state index contributed by atoms with van der Waals surface area (Å²) in [6.45, 7) is 1.60. The van der Waals surface area contributed by atoms with Gasteiger partial charge in [0.15, 0.2) is 5.78 Å². The van der Waals surface area contributed by atoms with Gasteiger partial charge in [-0.25, -0.2) is 8.78 Å². The molecule has 3 aromatic rings. The predicted octanol–water partition coefficient (Wildman–Crippen LogP) is 4.31. The van der Waals surface area contributed by atoms with Crippen LogP contribution in [-0.2, 0) is 6.42 Å². The van der Waals surface area contributed by atoms with E-state index in [0.29, 0.717) is 18.4 Å². The molecule has 140 valence electrons. The number of nitrogens with zero attached hydrogens (tertiary/aromatic N) is 2. The van der Waals surface area contributed by atoms with E-state index in [9.17, 15) is 13.6 Å². The second kappa shape index (κ2) is 8.30. The molecule has 0 aliphatic rings. The van der Waals surface area contributed by atoms with Crippen molar-refractivity contribution in [3.8, 4) is 5.75 Å². The third-order valence-electron chi connectivity index (χ3n) is 3.78. The van der Waals surface area contributed by atoms with Crippen LogP contribution in [0.15, 0.2) is 52.1 Å². The van der Waals surface area contributed by atoms with E-state index < -0.39 is 22.7 Å². The Morgan fingerprint density at radius 1 is 1.22 bits per heavy atom. The minimum Gasteiger partial charge on any atom is -0.497 e. The molecule has 0 N–H and O–H groups in total. The number of rotatable bonds is 7. The zero-order valence-corrected chi connectivity index (χ0v) is 15.4. The number of carbonyl (C=O) groups excluding carboxylic acids is 1. The molecular formula is C19H16F2N2O3S. The molecule has 0 spiro atoms. The molecule has 1 aromatic heterocycles. The normalized spacial score (nSPS) is 12.0. The van der Waals surface area contributed by atoms with Crippen molar-refractivity contribution in [3.05, 3.63) is 71.1 Å². The highest BCUT2D eigenvalue weighted by Gasteiger charge is 2.22. The van der Waals surface area contributed by atoms with Gasteiger partial charge in [0.1, 0.15) is 17.4 Å². The molecule has 0 saturated carbocycles. The van der Waals surface area contributed by atoms with Crippen LogP contribution in [0.5, 0.6) is 5.75 Å². The van der Waals surface area contributed by atoms with Gasteiger partial charge in [0.2, 0.25) is 5.89 Å². The van der Waals surface area contributed by atoms with E-state index in [-0.39, 0.29) is 10.8 Å². The van der Waals surface area contributed by atoms with Crippen LogP contribution in [0.1, 0.15) is 28.7 Å². The van der Waals surface area contributed by atoms with E-state index in [2.05, 4.69) is 10.2 Å². The highest BCUT2D eigenvalue weighted by atomic mass is 32.2. The summed E-state index contributed by atoms with van der Waals surface area (Å²) in [6, 6.07) is 10.3. The summed E-state index contributed by atoms with van der Waals surface area (Å²) in [6.07, 6.45) is 0.416. The molecule has 8 heteroatoms. The first-order valence-electron chi connectivity index (χ1n) is 8.07. The molecule has 5 nitrogen and oxygen atoms in total. The minimum absolute atomic E-state index is 0.174. The third kappa shape index (κ3) is 4.71. The quantitative estimate of drug-likeness (QED) is 0.442. The van der Waals surface area contributed by atoms with Crippen LogP contribution in [0.25, 0.3) is 0 Å². The van der Waals surface area contributed by atoms with Gasteiger partial charge in [-0.3, -0.25) is 4.79 Å². The smallest absolute Gasteiger partial charge is 0.277 e. The van der Waals surface area contributed by atoms with Gasteiger partial charge >= 0.3 is 0 Å². The maximum Gasteiger partial charge on any atom is 0.277 e. The van der Waals surface area contributed by atoms with Crippen molar-refractivity contribution in [2.45, 2.75) is 23.8 Å². The van der Waals surface area contributed by atoms with E-state index in [1.165, 1.54) is 0 Å². The van der Waals surface area contributed by atoms with Gasteiger partial charge in [0.25, 0.3) is 5.22 Å². The summed E-state index contributed by atoms with van der Waals surface area (Å²) < 4.78 is 37.5. The molecule has 2 aromatic carbocycles. The Morgan fingerprint density at radius 2 is 2.04 bits per heavy atom. The molecule has 1 unspecified atom stereocenters. The predicted molar refractivity (Wildman–Crippen MR) is 96.1 cm³/mol. The fourth-order valence-corrected chi connectivity index (χ4v) is 3.20. The number of thioether (sulfide) groups is 1. The molecule has 0 saturated heterocycles. The van der Waals surface area contributed by atoms with Crippen LogP contribution >= 0.6 is 11.8 Å². The van der Waals surface area contributed by atoms with Gasteiger partial charge in [0, 0.05) is 6.07 Å². The van der Waals surface area contributed by atoms with Crippen molar-refractivity contribution in [3.63, 3.8) is 0 Å². The number of ether oxygens (including phenoxy) is 1. The number of aromatic nitrogens is 2. The average Bonchev–Trinajstić information content (AvgIpc) is 3.08. The Kier molecular flexibility index (Phi) is 5.85. The Balaban J connectivity index is 1.66. The fraction of sp³-hybridized carbons (Fsp3) is 0.211. The Bertz CT molecular complexity index is 962. The molecule has 27 heavy (non-hydrogen) atoms. The van der Waals surface area contributed by atoms with E-state index in [0.717, 1.165) is 35.2 Å². The first-order chi connectivity index (χ1) is 13.0. The van der Waals surface area contributed by atoms with Crippen molar-refractivity contribution >= 4 is 17.5 Å². The van der Waals surface area contributed by atoms with Crippen molar-refractivity contribution in [1.82, 2.24) is 10.2 Å². The van der Waals surface area contributed by atoms with Gasteiger partial charge < -0.3 is 9.15 Å². The first-order valence-corrected chi connectivity index (χ1v) is 8.95. The lowest BCUT2D eigenvalue weighted by atomic mass is 10.1. The number of ketones is 1. The summed E-state index contributed by atoms with van der Waals surface area (Å²) in [5, 5.41) is 7.42. The highest BCUT2D eigenvalue weighted by Crippen LogP contribution is 2.26. The van der Waals surface area contributed by atoms with Crippen LogP contribution in [0.2, 0.25) is 0 Å². The molecule has 0 aliphatic carbocycles. The second-order valence-electron chi connectivity index (χ2n) is 5.74. The van der Waals surface area contributed by atoms with Gasteiger partial charge in [-0.2, -0.15) is 0 Å². The summed E-state index contributed by atoms with van der Waals surface area (Å²) in [7, 11) is 1.59. The molecule has 0 amide bonds. The molecule has 1 atom stereocenters. The molecule has 0 fully saturated rings. The minimum atomic E-state index is -0.892. The molecular weight excluding hydrogens is 374 g/mol. The number of halogens is 2. The Labute approximate surface area is 158 Å². The standard InChI is InChI=1S/C19H16F2N2O3S/c1-11(18(24)15-7-6-13(20)10-16(15)21)27-19-23-22-17(26-19)9-12-4-3-5-14(8-12)25-2/h3-8,10-11H,9H2,1-2H3. The van der Waals surface area contributed by atoms with E-state index in [4.69, 9.17) is 9.15 Å². The lowest BCUT2D eigenvalue weighted by Crippen LogP contribution is -2.15. The van der Waals surface area contributed by atoms with Gasteiger partial charge in [0.05, 0.1) is 24.3 Å². The maximum absolute atomic E-state index is 13.8. The molecule has 0 aliphatic heterocycles. The monoisotopic (exact) mass is 390 g/mol. The lowest BCUT2D eigenvalue weighted by Gasteiger charge is -2.08. The van der Waals surface area contributed by atoms with Crippen molar-refractivity contribution in [1.29, 1.82) is 0 Å². The maximum atomic E-state index is 13.8. The van der Waals surface area contributed by atoms with Gasteiger partial charge in [-0.15, -0.1) is 10.2 Å². The number of Topliss-reactive ketones (excluding diaryl/α,β-unsaturated/α-hetero) is 1. The summed E-state index contributed by atoms with van der Waals surface area (Å²) in [5.41, 5.74) is 0.763. The van der Waals surface area contributed by atoms with Crippen LogP contribution in [0, 0.1) is 11.6 Å². The topological polar surface area (TPSA) is 65.2 Å². The number of hydrogen-bond donors (Lipinski definition) is 0. The van der Waals surface area contributed by atoms with E-state index in [1.807, 2.05) is 24.3 Å². The summed E-state index contributed by atoms with van der Waals surface area (Å²) in [4.78, 5) is 12.4. The van der Waals surface area contributed by atoms with Crippen molar-refractivity contribution in [2.24, 2.45) is 0 Å². The number of carbonyl (C=O) groups is 1. The average molecular weight is 390 g/mol. The van der Waals surface area contributed by atoms with E-state index in [1.54, 1.807) is 14.0 Å². The van der Waals surface area contributed by atoms with E-state index >= 15 is 0 Å². The molecule has 0 bridgehead atoms. The van der Waals surface area contributed by atoms with Crippen LogP contribution in [0.3, 0.4) is 0 Å². The number of benzene rings is 2. The molecule has 0 radical (unpaired) electrons. The van der Waals surface area contributed by atoms with Crippen molar-refractivity contribution in [2.75, 3.05) is 7.11 Å². The number of hydrogen-bond acceptors (Lipinski definition) is 6. The van der Waals surface area contributed by atoms with Crippen molar-refractivity contribution < 1.29 is 22.7 Å². The first kappa shape index (κ1) is 19.0. The fourth-order valence-electron chi connectivity index (χ4n) is 2.43. The third-order valence-corrected chi connectivity index (χ3v) is 4.72. The van der Waals surface area contributed by atoms with Gasteiger partial charge in [-0.05, 0) is 36.8 Å². The van der Waals surface area contributed by atoms with Crippen LogP contribution in [-0.4, -0.2) is 28.3 Å². The SMILES string of the molecule is COc1cccc(Cc2nnc(SC(C)C(=O)c3ccc(F)cc3F)o2)c1. The van der Waals surface area contributed by atoms with Gasteiger partial charge in [-0.1, -0.05) is 23.9 Å². The Morgan fingerprint density at radius 3 is 2.78 bits per heavy atom. The summed E-state index contributed by atoms with van der Waals surface area (Å²) >= 11 is 1.02. The molecule has 3 rings (SSSR count). The highest BCUT2D eigenvalue weighted by molar-refractivity contribution is 8.00. The van der Waals surface area contributed by atoms with Crippen LogP contribution < -0.4 is 4.74 Å². The van der Waals surface area contributed by atoms with Crippen LogP contribution in [0.4, 0.5) is 8.78 Å². The second-order valence-corrected chi connectivity index (χ2v) is 7.03.